The zero-order valence-corrected chi connectivity index (χ0v) is 17.3. The lowest BCUT2D eigenvalue weighted by molar-refractivity contribution is -0.141. The van der Waals surface area contributed by atoms with Gasteiger partial charge >= 0.3 is 0 Å². The van der Waals surface area contributed by atoms with Crippen LogP contribution in [0.4, 0.5) is 0 Å². The maximum Gasteiger partial charge on any atom is 0.222 e. The molecular weight excluding hydrogens is 340 g/mol. The number of hydrogen-bond donors (Lipinski definition) is 0. The Bertz CT molecular complexity index is 661. The van der Waals surface area contributed by atoms with Crippen LogP contribution in [0.5, 0.6) is 11.5 Å². The zero-order valence-electron chi connectivity index (χ0n) is 17.3. The number of piperidine rings is 2. The lowest BCUT2D eigenvalue weighted by Gasteiger charge is -2.49. The maximum absolute atomic E-state index is 12.3. The normalized spacial score (nSPS) is 23.9. The molecule has 1 atom stereocenters. The molecule has 1 amide bonds. The van der Waals surface area contributed by atoms with E-state index in [1.165, 1.54) is 18.4 Å². The fourth-order valence-corrected chi connectivity index (χ4v) is 4.64. The number of nitrogens with zero attached hydrogens (tertiary/aromatic N) is 2. The van der Waals surface area contributed by atoms with E-state index in [4.69, 9.17) is 9.47 Å². The third kappa shape index (κ3) is 4.57. The highest BCUT2D eigenvalue weighted by molar-refractivity contribution is 5.77. The van der Waals surface area contributed by atoms with Gasteiger partial charge in [0.2, 0.25) is 5.91 Å². The van der Waals surface area contributed by atoms with Gasteiger partial charge in [-0.15, -0.1) is 0 Å². The van der Waals surface area contributed by atoms with Crippen molar-refractivity contribution in [2.75, 3.05) is 33.4 Å². The molecule has 2 aliphatic rings. The molecule has 0 aliphatic carbocycles. The average molecular weight is 375 g/mol. The van der Waals surface area contributed by atoms with Crippen molar-refractivity contribution < 1.29 is 14.3 Å². The molecule has 0 unspecified atom stereocenters. The second-order valence-corrected chi connectivity index (χ2v) is 8.35. The van der Waals surface area contributed by atoms with Gasteiger partial charge in [-0.2, -0.15) is 0 Å². The lowest BCUT2D eigenvalue weighted by atomic mass is 9.73. The first kappa shape index (κ1) is 20.0. The van der Waals surface area contributed by atoms with Gasteiger partial charge in [-0.1, -0.05) is 6.07 Å². The van der Waals surface area contributed by atoms with E-state index < -0.39 is 0 Å². The fraction of sp³-hybridized carbons (Fsp3) is 0.682. The van der Waals surface area contributed by atoms with Gasteiger partial charge in [0, 0.05) is 37.5 Å². The SMILES string of the molecule is CCOc1cc(CN2CCC[C@]3(CCC(=O)N(C(C)C)C3)C2)ccc1OC. The molecule has 0 N–H and O–H groups in total. The van der Waals surface area contributed by atoms with Crippen molar-refractivity contribution in [1.29, 1.82) is 0 Å². The predicted octanol–water partition coefficient (Wildman–Crippen LogP) is 3.71. The summed E-state index contributed by atoms with van der Waals surface area (Å²) in [6.07, 6.45) is 4.16. The van der Waals surface area contributed by atoms with Crippen LogP contribution in [-0.2, 0) is 11.3 Å². The Hall–Kier alpha value is -1.75. The Morgan fingerprint density at radius 3 is 2.70 bits per heavy atom. The number of carbonyl (C=O) groups excluding carboxylic acids is 1. The summed E-state index contributed by atoms with van der Waals surface area (Å²) in [4.78, 5) is 16.9. The van der Waals surface area contributed by atoms with E-state index in [0.717, 1.165) is 44.1 Å². The van der Waals surface area contributed by atoms with Gasteiger partial charge in [0.15, 0.2) is 11.5 Å². The van der Waals surface area contributed by atoms with Crippen LogP contribution in [0.15, 0.2) is 18.2 Å². The average Bonchev–Trinajstić information content (AvgIpc) is 2.65. The van der Waals surface area contributed by atoms with Crippen LogP contribution in [0, 0.1) is 5.41 Å². The van der Waals surface area contributed by atoms with E-state index in [-0.39, 0.29) is 5.41 Å². The number of carbonyl (C=O) groups is 1. The molecule has 1 aromatic carbocycles. The molecule has 0 bridgehead atoms. The number of likely N-dealkylation sites (tertiary alicyclic amines) is 2. The molecule has 3 rings (SSSR count). The summed E-state index contributed by atoms with van der Waals surface area (Å²) >= 11 is 0. The number of methoxy groups -OCH3 is 1. The van der Waals surface area contributed by atoms with E-state index in [1.807, 2.05) is 13.0 Å². The van der Waals surface area contributed by atoms with Crippen molar-refractivity contribution >= 4 is 5.91 Å². The van der Waals surface area contributed by atoms with Gasteiger partial charge in [-0.25, -0.2) is 0 Å². The Balaban J connectivity index is 1.70. The summed E-state index contributed by atoms with van der Waals surface area (Å²) in [7, 11) is 1.68. The molecule has 1 aromatic rings. The highest BCUT2D eigenvalue weighted by Crippen LogP contribution is 2.40. The van der Waals surface area contributed by atoms with Crippen molar-refractivity contribution in [2.24, 2.45) is 5.41 Å². The zero-order chi connectivity index (χ0) is 19.4. The smallest absolute Gasteiger partial charge is 0.222 e. The van der Waals surface area contributed by atoms with E-state index in [1.54, 1.807) is 7.11 Å². The van der Waals surface area contributed by atoms with Crippen molar-refractivity contribution in [1.82, 2.24) is 9.80 Å². The van der Waals surface area contributed by atoms with Gasteiger partial charge in [0.25, 0.3) is 0 Å². The van der Waals surface area contributed by atoms with Gasteiger partial charge in [0.05, 0.1) is 13.7 Å². The summed E-state index contributed by atoms with van der Waals surface area (Å²) in [6, 6.07) is 6.53. The Morgan fingerprint density at radius 2 is 2.00 bits per heavy atom. The molecule has 27 heavy (non-hydrogen) atoms. The monoisotopic (exact) mass is 374 g/mol. The minimum atomic E-state index is 0.256. The molecule has 2 fully saturated rings. The molecule has 5 nitrogen and oxygen atoms in total. The van der Waals surface area contributed by atoms with Crippen LogP contribution in [0.1, 0.15) is 52.0 Å². The number of benzene rings is 1. The van der Waals surface area contributed by atoms with Crippen molar-refractivity contribution in [3.63, 3.8) is 0 Å². The third-order valence-corrected chi connectivity index (χ3v) is 5.99. The van der Waals surface area contributed by atoms with E-state index in [0.29, 0.717) is 25.0 Å². The summed E-state index contributed by atoms with van der Waals surface area (Å²) in [5.74, 6) is 1.93. The van der Waals surface area contributed by atoms with Gasteiger partial charge < -0.3 is 14.4 Å². The van der Waals surface area contributed by atoms with Gasteiger partial charge in [-0.05, 0) is 64.3 Å². The van der Waals surface area contributed by atoms with Crippen LogP contribution in [0.2, 0.25) is 0 Å². The number of ether oxygens (including phenoxy) is 2. The van der Waals surface area contributed by atoms with E-state index in [2.05, 4.69) is 35.8 Å². The minimum absolute atomic E-state index is 0.256. The lowest BCUT2D eigenvalue weighted by Crippen LogP contribution is -2.55. The molecule has 150 valence electrons. The van der Waals surface area contributed by atoms with Crippen molar-refractivity contribution in [3.05, 3.63) is 23.8 Å². The summed E-state index contributed by atoms with van der Waals surface area (Å²) in [5.41, 5.74) is 1.51. The molecular formula is C22H34N2O3. The first-order chi connectivity index (χ1) is 13.0. The Kier molecular flexibility index (Phi) is 6.30. The van der Waals surface area contributed by atoms with Crippen LogP contribution in [0.25, 0.3) is 0 Å². The first-order valence-corrected chi connectivity index (χ1v) is 10.3. The van der Waals surface area contributed by atoms with Crippen LogP contribution in [-0.4, -0.2) is 55.1 Å². The topological polar surface area (TPSA) is 42.0 Å². The van der Waals surface area contributed by atoms with Crippen molar-refractivity contribution in [3.8, 4) is 11.5 Å². The third-order valence-electron chi connectivity index (χ3n) is 5.99. The maximum atomic E-state index is 12.3. The summed E-state index contributed by atoms with van der Waals surface area (Å²) < 4.78 is 11.1. The molecule has 2 saturated heterocycles. The largest absolute Gasteiger partial charge is 0.493 e. The summed E-state index contributed by atoms with van der Waals surface area (Å²) in [6.45, 7) is 10.9. The molecule has 2 aliphatic heterocycles. The molecule has 2 heterocycles. The van der Waals surface area contributed by atoms with Crippen LogP contribution in [0.3, 0.4) is 0 Å². The van der Waals surface area contributed by atoms with Gasteiger partial charge in [0.1, 0.15) is 0 Å². The summed E-state index contributed by atoms with van der Waals surface area (Å²) in [5, 5.41) is 0. The van der Waals surface area contributed by atoms with Gasteiger partial charge in [-0.3, -0.25) is 9.69 Å². The Morgan fingerprint density at radius 1 is 1.19 bits per heavy atom. The second kappa shape index (κ2) is 8.51. The molecule has 0 aromatic heterocycles. The number of hydrogen-bond acceptors (Lipinski definition) is 4. The molecule has 1 spiro atoms. The van der Waals surface area contributed by atoms with E-state index >= 15 is 0 Å². The molecule has 0 radical (unpaired) electrons. The van der Waals surface area contributed by atoms with Crippen LogP contribution >= 0.6 is 0 Å². The van der Waals surface area contributed by atoms with Crippen molar-refractivity contribution in [2.45, 2.75) is 59.0 Å². The quantitative estimate of drug-likeness (QED) is 0.761. The van der Waals surface area contributed by atoms with Crippen LogP contribution < -0.4 is 9.47 Å². The Labute approximate surface area is 163 Å². The number of rotatable bonds is 6. The minimum Gasteiger partial charge on any atom is -0.493 e. The highest BCUT2D eigenvalue weighted by Gasteiger charge is 2.42. The highest BCUT2D eigenvalue weighted by atomic mass is 16.5. The predicted molar refractivity (Wildman–Crippen MR) is 107 cm³/mol. The molecule has 0 saturated carbocycles. The fourth-order valence-electron chi connectivity index (χ4n) is 4.64. The standard InChI is InChI=1S/C22H34N2O3/c1-5-27-20-13-18(7-8-19(20)26-4)14-23-12-6-10-22(15-23)11-9-21(25)24(16-22)17(2)3/h7-8,13,17H,5-6,9-12,14-16H2,1-4H3/t22-/m0/s1. The second-order valence-electron chi connectivity index (χ2n) is 8.35. The van der Waals surface area contributed by atoms with E-state index in [9.17, 15) is 4.79 Å². The molecule has 5 heteroatoms. The number of amides is 1. The first-order valence-electron chi connectivity index (χ1n) is 10.3.